The molecular weight excluding hydrogens is 370 g/mol. The van der Waals surface area contributed by atoms with Crippen LogP contribution in [0.3, 0.4) is 0 Å². The number of benzene rings is 1. The number of hydrogen-bond donors (Lipinski definition) is 2. The van der Waals surface area contributed by atoms with Gasteiger partial charge in [-0.25, -0.2) is 9.59 Å². The summed E-state index contributed by atoms with van der Waals surface area (Å²) >= 11 is 0. The van der Waals surface area contributed by atoms with E-state index >= 15 is 0 Å². The van der Waals surface area contributed by atoms with E-state index in [-0.39, 0.29) is 12.0 Å². The van der Waals surface area contributed by atoms with Gasteiger partial charge in [0.25, 0.3) is 0 Å². The lowest BCUT2D eigenvalue weighted by molar-refractivity contribution is -0.137. The van der Waals surface area contributed by atoms with Crippen LogP contribution in [-0.4, -0.2) is 39.8 Å². The zero-order valence-electron chi connectivity index (χ0n) is 16.2. The molecule has 3 aromatic rings. The Kier molecular flexibility index (Phi) is 6.94. The normalized spacial score (nSPS) is 10.9. The monoisotopic (exact) mass is 393 g/mol. The number of anilines is 1. The molecule has 2 aromatic heterocycles. The van der Waals surface area contributed by atoms with Crippen molar-refractivity contribution in [2.45, 2.75) is 19.8 Å². The van der Waals surface area contributed by atoms with Crippen molar-refractivity contribution in [3.05, 3.63) is 66.1 Å². The van der Waals surface area contributed by atoms with Crippen molar-refractivity contribution < 1.29 is 14.3 Å². The van der Waals surface area contributed by atoms with Crippen LogP contribution in [0.4, 0.5) is 10.5 Å². The van der Waals surface area contributed by atoms with Gasteiger partial charge in [0.15, 0.2) is 5.65 Å². The quantitative estimate of drug-likeness (QED) is 0.348. The molecule has 0 unspecified atom stereocenters. The fourth-order valence-corrected chi connectivity index (χ4v) is 2.72. The molecule has 0 spiro atoms. The van der Waals surface area contributed by atoms with E-state index in [0.717, 1.165) is 23.5 Å². The number of esters is 1. The molecule has 0 atom stereocenters. The van der Waals surface area contributed by atoms with Crippen LogP contribution in [-0.2, 0) is 16.0 Å². The lowest BCUT2D eigenvalue weighted by atomic mass is 10.2. The van der Waals surface area contributed by atoms with Gasteiger partial charge >= 0.3 is 12.0 Å². The number of carbonyl (C=O) groups is 2. The Hall–Kier alpha value is -3.68. The van der Waals surface area contributed by atoms with Gasteiger partial charge in [-0.2, -0.15) is 0 Å². The number of amides is 2. The summed E-state index contributed by atoms with van der Waals surface area (Å²) in [6, 6.07) is 12.6. The maximum absolute atomic E-state index is 12.0. The molecule has 0 aliphatic carbocycles. The van der Waals surface area contributed by atoms with E-state index in [9.17, 15) is 9.59 Å². The molecule has 0 saturated carbocycles. The molecule has 0 aliphatic rings. The number of hydrogen-bond acceptors (Lipinski definition) is 5. The molecule has 1 aromatic carbocycles. The molecule has 0 radical (unpaired) electrons. The topological polar surface area (TPSA) is 97.6 Å². The van der Waals surface area contributed by atoms with Crippen LogP contribution >= 0.6 is 0 Å². The van der Waals surface area contributed by atoms with E-state index in [1.165, 1.54) is 6.08 Å². The van der Waals surface area contributed by atoms with Crippen LogP contribution in [0.25, 0.3) is 11.7 Å². The number of aryl methyl sites for hydroxylation is 1. The maximum Gasteiger partial charge on any atom is 0.330 e. The summed E-state index contributed by atoms with van der Waals surface area (Å²) in [6.07, 6.45) is 6.43. The first-order valence-corrected chi connectivity index (χ1v) is 9.44. The minimum absolute atomic E-state index is 0.272. The van der Waals surface area contributed by atoms with E-state index in [0.29, 0.717) is 25.3 Å². The highest BCUT2D eigenvalue weighted by atomic mass is 16.5. The summed E-state index contributed by atoms with van der Waals surface area (Å²) in [5.41, 5.74) is 2.32. The smallest absolute Gasteiger partial charge is 0.330 e. The molecule has 0 fully saturated rings. The number of fused-ring (bicyclic) bond motifs is 1. The van der Waals surface area contributed by atoms with Crippen LogP contribution in [0.1, 0.15) is 24.7 Å². The summed E-state index contributed by atoms with van der Waals surface area (Å²) in [5, 5.41) is 13.9. The van der Waals surface area contributed by atoms with Gasteiger partial charge in [0, 0.05) is 30.9 Å². The summed E-state index contributed by atoms with van der Waals surface area (Å²) in [4.78, 5) is 23.3. The van der Waals surface area contributed by atoms with Crippen molar-refractivity contribution in [1.29, 1.82) is 0 Å². The lowest BCUT2D eigenvalue weighted by Crippen LogP contribution is -2.29. The van der Waals surface area contributed by atoms with Gasteiger partial charge in [0.1, 0.15) is 5.82 Å². The van der Waals surface area contributed by atoms with Gasteiger partial charge in [-0.3, -0.25) is 4.40 Å². The van der Waals surface area contributed by atoms with Crippen molar-refractivity contribution in [1.82, 2.24) is 19.9 Å². The number of rotatable bonds is 8. The Labute approximate surface area is 168 Å². The van der Waals surface area contributed by atoms with Crippen molar-refractivity contribution in [2.24, 2.45) is 0 Å². The third kappa shape index (κ3) is 5.90. The Morgan fingerprint density at radius 2 is 1.97 bits per heavy atom. The molecule has 8 heteroatoms. The first kappa shape index (κ1) is 20.1. The van der Waals surface area contributed by atoms with Crippen LogP contribution in [0.15, 0.2) is 54.7 Å². The molecule has 150 valence electrons. The number of nitrogens with one attached hydrogen (secondary N) is 2. The van der Waals surface area contributed by atoms with Gasteiger partial charge < -0.3 is 15.4 Å². The van der Waals surface area contributed by atoms with Crippen molar-refractivity contribution in [3.63, 3.8) is 0 Å². The highest BCUT2D eigenvalue weighted by Crippen LogP contribution is 2.11. The molecule has 0 saturated heterocycles. The first-order valence-electron chi connectivity index (χ1n) is 9.44. The Bertz CT molecular complexity index is 995. The molecule has 0 aliphatic heterocycles. The summed E-state index contributed by atoms with van der Waals surface area (Å²) in [6.45, 7) is 2.62. The molecule has 2 amide bonds. The summed E-state index contributed by atoms with van der Waals surface area (Å²) in [5.74, 6) is 0.488. The van der Waals surface area contributed by atoms with Gasteiger partial charge in [0.05, 0.1) is 6.61 Å². The highest BCUT2D eigenvalue weighted by Gasteiger charge is 2.05. The zero-order valence-corrected chi connectivity index (χ0v) is 16.2. The Morgan fingerprint density at radius 1 is 1.14 bits per heavy atom. The standard InChI is InChI=1S/C21H23N5O3/c1-2-29-20(27)13-10-16-8-11-17(12-9-16)23-21(28)22-14-5-7-19-25-24-18-6-3-4-15-26(18)19/h3-4,6,8-13,15H,2,5,7,14H2,1H3,(H2,22,23,28)/b13-10-. The van der Waals surface area contributed by atoms with E-state index < -0.39 is 0 Å². The van der Waals surface area contributed by atoms with E-state index in [4.69, 9.17) is 4.74 Å². The molecule has 2 N–H and O–H groups in total. The second-order valence-corrected chi connectivity index (χ2v) is 6.24. The predicted molar refractivity (Wildman–Crippen MR) is 110 cm³/mol. The minimum Gasteiger partial charge on any atom is -0.463 e. The van der Waals surface area contributed by atoms with Crippen LogP contribution in [0, 0.1) is 0 Å². The average molecular weight is 393 g/mol. The largest absolute Gasteiger partial charge is 0.463 e. The van der Waals surface area contributed by atoms with Gasteiger partial charge in [0.2, 0.25) is 0 Å². The number of nitrogens with zero attached hydrogens (tertiary/aromatic N) is 3. The fraction of sp³-hybridized carbons (Fsp3) is 0.238. The number of aromatic nitrogens is 3. The molecular formula is C21H23N5O3. The van der Waals surface area contributed by atoms with Crippen molar-refractivity contribution in [2.75, 3.05) is 18.5 Å². The number of pyridine rings is 1. The fourth-order valence-electron chi connectivity index (χ4n) is 2.72. The maximum atomic E-state index is 12.0. The van der Waals surface area contributed by atoms with Crippen molar-refractivity contribution >= 4 is 29.4 Å². The van der Waals surface area contributed by atoms with Gasteiger partial charge in [-0.15, -0.1) is 10.2 Å². The van der Waals surface area contributed by atoms with E-state index in [1.54, 1.807) is 25.1 Å². The highest BCUT2D eigenvalue weighted by molar-refractivity contribution is 5.90. The summed E-state index contributed by atoms with van der Waals surface area (Å²) < 4.78 is 6.77. The van der Waals surface area contributed by atoms with E-state index in [1.807, 2.05) is 40.9 Å². The SMILES string of the molecule is CCOC(=O)/C=C\c1ccc(NC(=O)NCCCc2nnc3ccccn23)cc1. The predicted octanol–water partition coefficient (Wildman–Crippen LogP) is 3.06. The Balaban J connectivity index is 1.40. The molecule has 8 nitrogen and oxygen atoms in total. The molecule has 3 rings (SSSR count). The molecule has 29 heavy (non-hydrogen) atoms. The van der Waals surface area contributed by atoms with Crippen LogP contribution in [0.2, 0.25) is 0 Å². The zero-order chi connectivity index (χ0) is 20.5. The van der Waals surface area contributed by atoms with Gasteiger partial charge in [-0.1, -0.05) is 18.2 Å². The Morgan fingerprint density at radius 3 is 2.76 bits per heavy atom. The van der Waals surface area contributed by atoms with Crippen LogP contribution in [0.5, 0.6) is 0 Å². The third-order valence-electron chi connectivity index (χ3n) is 4.11. The van der Waals surface area contributed by atoms with Gasteiger partial charge in [-0.05, 0) is 49.2 Å². The van der Waals surface area contributed by atoms with Crippen LogP contribution < -0.4 is 10.6 Å². The number of urea groups is 1. The van der Waals surface area contributed by atoms with E-state index in [2.05, 4.69) is 20.8 Å². The minimum atomic E-state index is -0.381. The second kappa shape index (κ2) is 10.0. The van der Waals surface area contributed by atoms with Crippen molar-refractivity contribution in [3.8, 4) is 0 Å². The number of carbonyl (C=O) groups excluding carboxylic acids is 2. The molecule has 2 heterocycles. The summed E-state index contributed by atoms with van der Waals surface area (Å²) in [7, 11) is 0. The average Bonchev–Trinajstić information content (AvgIpc) is 3.14. The first-order chi connectivity index (χ1) is 14.2. The molecule has 0 bridgehead atoms. The second-order valence-electron chi connectivity index (χ2n) is 6.24. The third-order valence-corrected chi connectivity index (χ3v) is 4.11. The lowest BCUT2D eigenvalue weighted by Gasteiger charge is -2.07. The number of ether oxygens (including phenoxy) is 1.